The Bertz CT molecular complexity index is 735. The molecule has 0 unspecified atom stereocenters. The predicted molar refractivity (Wildman–Crippen MR) is 80.6 cm³/mol. The Morgan fingerprint density at radius 2 is 1.81 bits per heavy atom. The minimum absolute atomic E-state index is 0.00460. The van der Waals surface area contributed by atoms with Gasteiger partial charge in [-0.15, -0.1) is 0 Å². The molecule has 0 saturated heterocycles. The van der Waals surface area contributed by atoms with Crippen LogP contribution in [0.1, 0.15) is 20.7 Å². The van der Waals surface area contributed by atoms with Gasteiger partial charge in [0.25, 0.3) is 5.91 Å². The molecule has 1 aromatic heterocycles. The number of amides is 1. The van der Waals surface area contributed by atoms with Crippen LogP contribution in [0.15, 0.2) is 30.3 Å². The number of nitrogens with zero attached hydrogens (tertiary/aromatic N) is 1. The van der Waals surface area contributed by atoms with Crippen LogP contribution in [0.3, 0.4) is 0 Å². The zero-order valence-electron chi connectivity index (χ0n) is 10.2. The van der Waals surface area contributed by atoms with E-state index in [1.54, 1.807) is 0 Å². The van der Waals surface area contributed by atoms with Gasteiger partial charge in [-0.25, -0.2) is 9.78 Å². The number of benzene rings is 1. The second-order valence-corrected chi connectivity index (χ2v) is 5.08. The van der Waals surface area contributed by atoms with Crippen molar-refractivity contribution in [3.63, 3.8) is 0 Å². The summed E-state index contributed by atoms with van der Waals surface area (Å²) in [6.07, 6.45) is 0. The summed E-state index contributed by atoms with van der Waals surface area (Å²) in [4.78, 5) is 26.8. The number of aromatic nitrogens is 1. The molecule has 0 spiro atoms. The van der Waals surface area contributed by atoms with E-state index < -0.39 is 11.9 Å². The fourth-order valence-electron chi connectivity index (χ4n) is 1.53. The molecule has 1 aromatic carbocycles. The standard InChI is InChI=1S/C13H7Cl3N2O3/c14-8-3-1-6(13(20)21)5-9(8)17-12(19)7-2-4-10(15)18-11(7)16/h1-5H,(H,17,19)(H,20,21). The SMILES string of the molecule is O=C(O)c1ccc(Cl)c(NC(=O)c2ccc(Cl)nc2Cl)c1. The van der Waals surface area contributed by atoms with Crippen molar-refractivity contribution >= 4 is 52.4 Å². The monoisotopic (exact) mass is 344 g/mol. The Morgan fingerprint density at radius 1 is 1.10 bits per heavy atom. The molecule has 0 aliphatic heterocycles. The van der Waals surface area contributed by atoms with Gasteiger partial charge in [-0.3, -0.25) is 4.79 Å². The van der Waals surface area contributed by atoms with E-state index in [2.05, 4.69) is 10.3 Å². The number of nitrogens with one attached hydrogen (secondary N) is 1. The summed E-state index contributed by atoms with van der Waals surface area (Å²) in [5.41, 5.74) is 0.250. The average molecular weight is 346 g/mol. The summed E-state index contributed by atoms with van der Waals surface area (Å²) in [6, 6.07) is 6.78. The largest absolute Gasteiger partial charge is 0.478 e. The summed E-state index contributed by atoms with van der Waals surface area (Å²) in [5, 5.41) is 11.7. The first kappa shape index (κ1) is 15.6. The van der Waals surface area contributed by atoms with E-state index in [0.717, 1.165) is 0 Å². The molecular formula is C13H7Cl3N2O3. The van der Waals surface area contributed by atoms with Gasteiger partial charge in [-0.1, -0.05) is 34.8 Å². The number of hydrogen-bond acceptors (Lipinski definition) is 3. The van der Waals surface area contributed by atoms with Gasteiger partial charge in [-0.2, -0.15) is 0 Å². The van der Waals surface area contributed by atoms with Crippen molar-refractivity contribution in [1.29, 1.82) is 0 Å². The summed E-state index contributed by atoms with van der Waals surface area (Å²) in [6.45, 7) is 0. The maximum Gasteiger partial charge on any atom is 0.335 e. The molecule has 0 bridgehead atoms. The first-order chi connectivity index (χ1) is 9.88. The second-order valence-electron chi connectivity index (χ2n) is 3.93. The topological polar surface area (TPSA) is 79.3 Å². The van der Waals surface area contributed by atoms with Crippen molar-refractivity contribution < 1.29 is 14.7 Å². The molecular weight excluding hydrogens is 339 g/mol. The van der Waals surface area contributed by atoms with E-state index in [0.29, 0.717) is 0 Å². The number of halogens is 3. The average Bonchev–Trinajstić information content (AvgIpc) is 2.40. The zero-order valence-corrected chi connectivity index (χ0v) is 12.5. The minimum Gasteiger partial charge on any atom is -0.478 e. The fourth-order valence-corrected chi connectivity index (χ4v) is 2.12. The van der Waals surface area contributed by atoms with Gasteiger partial charge in [0.05, 0.1) is 21.8 Å². The summed E-state index contributed by atoms with van der Waals surface area (Å²) >= 11 is 17.4. The van der Waals surface area contributed by atoms with Crippen molar-refractivity contribution in [1.82, 2.24) is 4.98 Å². The third kappa shape index (κ3) is 3.64. The highest BCUT2D eigenvalue weighted by molar-refractivity contribution is 6.36. The van der Waals surface area contributed by atoms with E-state index in [1.165, 1.54) is 30.3 Å². The Morgan fingerprint density at radius 3 is 2.43 bits per heavy atom. The normalized spacial score (nSPS) is 10.2. The highest BCUT2D eigenvalue weighted by Crippen LogP contribution is 2.25. The number of aromatic carboxylic acids is 1. The molecule has 0 fully saturated rings. The van der Waals surface area contributed by atoms with Crippen molar-refractivity contribution in [2.75, 3.05) is 5.32 Å². The third-order valence-electron chi connectivity index (χ3n) is 2.52. The van der Waals surface area contributed by atoms with E-state index in [4.69, 9.17) is 39.9 Å². The molecule has 1 heterocycles. The van der Waals surface area contributed by atoms with Crippen molar-refractivity contribution in [3.05, 3.63) is 56.8 Å². The van der Waals surface area contributed by atoms with Crippen LogP contribution in [0, 0.1) is 0 Å². The summed E-state index contributed by atoms with van der Waals surface area (Å²) in [5.74, 6) is -1.71. The quantitative estimate of drug-likeness (QED) is 0.824. The number of carboxylic acids is 1. The van der Waals surface area contributed by atoms with Crippen LogP contribution in [0.4, 0.5) is 5.69 Å². The van der Waals surface area contributed by atoms with Crippen LogP contribution in [0.2, 0.25) is 15.3 Å². The van der Waals surface area contributed by atoms with Crippen LogP contribution < -0.4 is 5.32 Å². The molecule has 2 aromatic rings. The number of carboxylic acid groups (broad SMARTS) is 1. The number of carbonyl (C=O) groups excluding carboxylic acids is 1. The zero-order chi connectivity index (χ0) is 15.6. The number of carbonyl (C=O) groups is 2. The summed E-state index contributed by atoms with van der Waals surface area (Å²) < 4.78 is 0. The second kappa shape index (κ2) is 6.30. The predicted octanol–water partition coefficient (Wildman–Crippen LogP) is 3.99. The number of anilines is 1. The number of hydrogen-bond donors (Lipinski definition) is 2. The molecule has 2 rings (SSSR count). The van der Waals surface area contributed by atoms with Gasteiger partial charge in [0.2, 0.25) is 0 Å². The molecule has 108 valence electrons. The molecule has 0 aliphatic carbocycles. The van der Waals surface area contributed by atoms with Gasteiger partial charge in [0.15, 0.2) is 0 Å². The molecule has 0 saturated carbocycles. The van der Waals surface area contributed by atoms with Gasteiger partial charge in [0, 0.05) is 0 Å². The molecule has 2 N–H and O–H groups in total. The van der Waals surface area contributed by atoms with Crippen LogP contribution in [0.25, 0.3) is 0 Å². The lowest BCUT2D eigenvalue weighted by Gasteiger charge is -2.09. The van der Waals surface area contributed by atoms with Crippen molar-refractivity contribution in [2.45, 2.75) is 0 Å². The smallest absolute Gasteiger partial charge is 0.335 e. The van der Waals surface area contributed by atoms with Gasteiger partial charge in [0.1, 0.15) is 10.3 Å². The lowest BCUT2D eigenvalue weighted by atomic mass is 10.2. The molecule has 0 radical (unpaired) electrons. The maximum absolute atomic E-state index is 12.1. The number of rotatable bonds is 3. The molecule has 5 nitrogen and oxygen atoms in total. The van der Waals surface area contributed by atoms with Crippen LogP contribution >= 0.6 is 34.8 Å². The van der Waals surface area contributed by atoms with Crippen molar-refractivity contribution in [3.8, 4) is 0 Å². The van der Waals surface area contributed by atoms with E-state index >= 15 is 0 Å². The third-order valence-corrected chi connectivity index (χ3v) is 3.35. The lowest BCUT2D eigenvalue weighted by Crippen LogP contribution is -2.14. The molecule has 0 aliphatic rings. The Balaban J connectivity index is 2.31. The first-order valence-electron chi connectivity index (χ1n) is 5.54. The highest BCUT2D eigenvalue weighted by Gasteiger charge is 2.15. The lowest BCUT2D eigenvalue weighted by molar-refractivity contribution is 0.0696. The highest BCUT2D eigenvalue weighted by atomic mass is 35.5. The Kier molecular flexibility index (Phi) is 4.67. The first-order valence-corrected chi connectivity index (χ1v) is 6.68. The maximum atomic E-state index is 12.1. The molecule has 21 heavy (non-hydrogen) atoms. The van der Waals surface area contributed by atoms with Gasteiger partial charge in [-0.05, 0) is 30.3 Å². The minimum atomic E-state index is -1.13. The van der Waals surface area contributed by atoms with Gasteiger partial charge >= 0.3 is 5.97 Å². The van der Waals surface area contributed by atoms with Crippen molar-refractivity contribution in [2.24, 2.45) is 0 Å². The molecule has 8 heteroatoms. The molecule has 1 amide bonds. The Hall–Kier alpha value is -1.82. The summed E-state index contributed by atoms with van der Waals surface area (Å²) in [7, 11) is 0. The van der Waals surface area contributed by atoms with Crippen LogP contribution in [0.5, 0.6) is 0 Å². The van der Waals surface area contributed by atoms with Crippen LogP contribution in [-0.2, 0) is 0 Å². The number of pyridine rings is 1. The fraction of sp³-hybridized carbons (Fsp3) is 0. The molecule has 0 atom stereocenters. The van der Waals surface area contributed by atoms with E-state index in [-0.39, 0.29) is 32.1 Å². The van der Waals surface area contributed by atoms with Crippen LogP contribution in [-0.4, -0.2) is 22.0 Å². The Labute approximate surface area is 134 Å². The van der Waals surface area contributed by atoms with E-state index in [9.17, 15) is 9.59 Å². The van der Waals surface area contributed by atoms with E-state index in [1.807, 2.05) is 0 Å². The van der Waals surface area contributed by atoms with Gasteiger partial charge < -0.3 is 10.4 Å².